The maximum Gasteiger partial charge on any atom is 0.266 e. The molecule has 0 aliphatic heterocycles. The van der Waals surface area contributed by atoms with Gasteiger partial charge in [0.1, 0.15) is 18.2 Å². The van der Waals surface area contributed by atoms with Crippen molar-refractivity contribution in [1.82, 2.24) is 0 Å². The first kappa shape index (κ1) is 26.1. The smallest absolute Gasteiger partial charge is 0.266 e. The summed E-state index contributed by atoms with van der Waals surface area (Å²) in [4.78, 5) is 12.7. The van der Waals surface area contributed by atoms with Crippen LogP contribution in [-0.4, -0.2) is 12.5 Å². The van der Waals surface area contributed by atoms with Crippen molar-refractivity contribution < 1.29 is 14.3 Å². The van der Waals surface area contributed by atoms with Gasteiger partial charge in [-0.1, -0.05) is 45.7 Å². The summed E-state index contributed by atoms with van der Waals surface area (Å²) in [6, 6.07) is 20.2. The Balaban J connectivity index is 1.91. The van der Waals surface area contributed by atoms with Crippen LogP contribution in [0, 0.1) is 11.3 Å². The van der Waals surface area contributed by atoms with Gasteiger partial charge in [-0.15, -0.1) is 6.58 Å². The van der Waals surface area contributed by atoms with Gasteiger partial charge in [0, 0.05) is 20.7 Å². The van der Waals surface area contributed by atoms with E-state index in [-0.39, 0.29) is 5.57 Å². The van der Waals surface area contributed by atoms with E-state index in [0.717, 1.165) is 15.6 Å². The van der Waals surface area contributed by atoms with Gasteiger partial charge in [0.25, 0.3) is 5.91 Å². The van der Waals surface area contributed by atoms with Gasteiger partial charge in [0.05, 0.1) is 6.61 Å². The summed E-state index contributed by atoms with van der Waals surface area (Å²) in [5.74, 6) is 0.621. The lowest BCUT2D eigenvalue weighted by atomic mass is 10.0. The molecule has 35 heavy (non-hydrogen) atoms. The van der Waals surface area contributed by atoms with Crippen molar-refractivity contribution in [2.75, 3.05) is 11.9 Å². The molecule has 0 unspecified atom stereocenters. The predicted octanol–water partition coefficient (Wildman–Crippen LogP) is 7.35. The molecule has 0 fully saturated rings. The van der Waals surface area contributed by atoms with Crippen LogP contribution in [0.5, 0.6) is 11.5 Å². The summed E-state index contributed by atoms with van der Waals surface area (Å²) in [6.07, 6.45) is 3.82. The first-order valence-electron chi connectivity index (χ1n) is 10.9. The number of carbonyl (C=O) groups excluding carboxylic acids is 1. The van der Waals surface area contributed by atoms with E-state index in [9.17, 15) is 10.1 Å². The highest BCUT2D eigenvalue weighted by molar-refractivity contribution is 9.10. The fourth-order valence-corrected chi connectivity index (χ4v) is 3.67. The Labute approximate surface area is 218 Å². The van der Waals surface area contributed by atoms with Crippen molar-refractivity contribution >= 4 is 45.2 Å². The number of hydrogen-bond donors (Lipinski definition) is 1. The molecule has 0 saturated carbocycles. The van der Waals surface area contributed by atoms with Gasteiger partial charge >= 0.3 is 0 Å². The van der Waals surface area contributed by atoms with Crippen LogP contribution in [0.15, 0.2) is 83.4 Å². The minimum atomic E-state index is -0.499. The van der Waals surface area contributed by atoms with E-state index in [4.69, 9.17) is 21.1 Å². The summed E-state index contributed by atoms with van der Waals surface area (Å²) in [5, 5.41) is 13.0. The summed E-state index contributed by atoms with van der Waals surface area (Å²) in [7, 11) is 0. The van der Waals surface area contributed by atoms with Gasteiger partial charge in [0.2, 0.25) is 0 Å². The van der Waals surface area contributed by atoms with E-state index in [2.05, 4.69) is 27.8 Å². The minimum absolute atomic E-state index is 0.0326. The minimum Gasteiger partial charge on any atom is -0.490 e. The molecular formula is C28H24BrClN2O3. The van der Waals surface area contributed by atoms with Crippen LogP contribution >= 0.6 is 27.5 Å². The standard InChI is InChI=1S/C28H24BrClN2O3/c1-3-5-21-14-20(15-22(17-31)28(33)32-25-12-8-23(29)9-13-25)16-26(34-4-2)27(21)35-18-19-6-10-24(30)11-7-19/h3,6-16H,1,4-5,18H2,2H3,(H,32,33)/b22-15-. The number of allylic oxidation sites excluding steroid dienone is 1. The molecule has 0 radical (unpaired) electrons. The third kappa shape index (κ3) is 7.48. The maximum atomic E-state index is 12.7. The molecule has 0 aromatic heterocycles. The molecule has 178 valence electrons. The molecule has 1 amide bonds. The highest BCUT2D eigenvalue weighted by Gasteiger charge is 2.15. The molecule has 3 aromatic rings. The molecule has 0 atom stereocenters. The number of ether oxygens (including phenoxy) is 2. The Morgan fingerprint density at radius 1 is 1.14 bits per heavy atom. The van der Waals surface area contributed by atoms with Crippen molar-refractivity contribution in [3.63, 3.8) is 0 Å². The van der Waals surface area contributed by atoms with Gasteiger partial charge < -0.3 is 14.8 Å². The molecule has 3 aromatic carbocycles. The Bertz CT molecular complexity index is 1260. The third-order valence-electron chi connectivity index (χ3n) is 4.89. The van der Waals surface area contributed by atoms with Gasteiger partial charge in [-0.2, -0.15) is 5.26 Å². The van der Waals surface area contributed by atoms with Crippen LogP contribution in [0.25, 0.3) is 6.08 Å². The average molecular weight is 552 g/mol. The Hall–Kier alpha value is -3.53. The third-order valence-corrected chi connectivity index (χ3v) is 5.67. The number of nitriles is 1. The van der Waals surface area contributed by atoms with E-state index in [1.807, 2.05) is 55.5 Å². The average Bonchev–Trinajstić information content (AvgIpc) is 2.85. The zero-order chi connectivity index (χ0) is 25.2. The zero-order valence-corrected chi connectivity index (χ0v) is 21.5. The maximum absolute atomic E-state index is 12.7. The number of nitrogens with one attached hydrogen (secondary N) is 1. The summed E-state index contributed by atoms with van der Waals surface area (Å²) in [6.45, 7) is 6.48. The highest BCUT2D eigenvalue weighted by atomic mass is 79.9. The second-order valence-corrected chi connectivity index (χ2v) is 8.83. The van der Waals surface area contributed by atoms with Crippen LogP contribution in [0.1, 0.15) is 23.6 Å². The van der Waals surface area contributed by atoms with Crippen LogP contribution < -0.4 is 14.8 Å². The van der Waals surface area contributed by atoms with Gasteiger partial charge in [-0.05, 0) is 79.1 Å². The molecule has 0 aliphatic carbocycles. The summed E-state index contributed by atoms with van der Waals surface area (Å²) < 4.78 is 12.9. The van der Waals surface area contributed by atoms with Crippen LogP contribution in [0.2, 0.25) is 5.02 Å². The van der Waals surface area contributed by atoms with E-state index in [1.54, 1.807) is 24.3 Å². The molecule has 5 nitrogen and oxygen atoms in total. The van der Waals surface area contributed by atoms with E-state index < -0.39 is 5.91 Å². The van der Waals surface area contributed by atoms with Gasteiger partial charge in [-0.25, -0.2) is 0 Å². The molecule has 0 spiro atoms. The van der Waals surface area contributed by atoms with E-state index >= 15 is 0 Å². The van der Waals surface area contributed by atoms with E-state index in [1.165, 1.54) is 6.08 Å². The highest BCUT2D eigenvalue weighted by Crippen LogP contribution is 2.35. The predicted molar refractivity (Wildman–Crippen MR) is 144 cm³/mol. The second-order valence-electron chi connectivity index (χ2n) is 7.48. The Kier molecular flexibility index (Phi) is 9.54. The molecule has 1 N–H and O–H groups in total. The molecule has 0 aliphatic rings. The topological polar surface area (TPSA) is 71.4 Å². The van der Waals surface area contributed by atoms with Gasteiger partial charge in [-0.3, -0.25) is 4.79 Å². The monoisotopic (exact) mass is 550 g/mol. The lowest BCUT2D eigenvalue weighted by Gasteiger charge is -2.17. The lowest BCUT2D eigenvalue weighted by Crippen LogP contribution is -2.13. The Morgan fingerprint density at radius 2 is 1.86 bits per heavy atom. The van der Waals surface area contributed by atoms with Crippen molar-refractivity contribution in [2.45, 2.75) is 20.0 Å². The van der Waals surface area contributed by atoms with Crippen LogP contribution in [-0.2, 0) is 17.8 Å². The number of benzene rings is 3. The van der Waals surface area contributed by atoms with Crippen molar-refractivity contribution in [3.8, 4) is 17.6 Å². The van der Waals surface area contributed by atoms with E-state index in [0.29, 0.717) is 47.4 Å². The van der Waals surface area contributed by atoms with Gasteiger partial charge in [0.15, 0.2) is 11.5 Å². The Morgan fingerprint density at radius 3 is 2.49 bits per heavy atom. The van der Waals surface area contributed by atoms with Crippen LogP contribution in [0.4, 0.5) is 5.69 Å². The molecular weight excluding hydrogens is 528 g/mol. The zero-order valence-electron chi connectivity index (χ0n) is 19.2. The number of nitrogens with zero attached hydrogens (tertiary/aromatic N) is 1. The first-order valence-corrected chi connectivity index (χ1v) is 12.1. The first-order chi connectivity index (χ1) is 16.9. The van der Waals surface area contributed by atoms with Crippen molar-refractivity contribution in [3.05, 3.63) is 105 Å². The van der Waals surface area contributed by atoms with Crippen molar-refractivity contribution in [2.24, 2.45) is 0 Å². The molecule has 0 heterocycles. The number of hydrogen-bond acceptors (Lipinski definition) is 4. The quantitative estimate of drug-likeness (QED) is 0.162. The van der Waals surface area contributed by atoms with Crippen molar-refractivity contribution in [1.29, 1.82) is 5.26 Å². The lowest BCUT2D eigenvalue weighted by molar-refractivity contribution is -0.112. The SMILES string of the molecule is C=CCc1cc(/C=C(/C#N)C(=O)Nc2ccc(Br)cc2)cc(OCC)c1OCc1ccc(Cl)cc1. The summed E-state index contributed by atoms with van der Waals surface area (Å²) >= 11 is 9.34. The van der Waals surface area contributed by atoms with Crippen LogP contribution in [0.3, 0.4) is 0 Å². The number of anilines is 1. The largest absolute Gasteiger partial charge is 0.490 e. The molecule has 0 saturated heterocycles. The second kappa shape index (κ2) is 12.8. The number of rotatable bonds is 10. The fourth-order valence-electron chi connectivity index (χ4n) is 3.28. The molecule has 0 bridgehead atoms. The number of amides is 1. The number of carbonyl (C=O) groups is 1. The molecule has 3 rings (SSSR count). The fraction of sp³-hybridized carbons (Fsp3) is 0.143. The number of halogens is 2. The normalized spacial score (nSPS) is 10.9. The summed E-state index contributed by atoms with van der Waals surface area (Å²) in [5.41, 5.74) is 2.99. The molecule has 7 heteroatoms.